The number of alkyl halides is 3. The summed E-state index contributed by atoms with van der Waals surface area (Å²) < 4.78 is 40.2. The molecule has 2 aromatic rings. The van der Waals surface area contributed by atoms with Gasteiger partial charge in [-0.15, -0.1) is 11.8 Å². The minimum Gasteiger partial charge on any atom is -0.322 e. The molecule has 43 heavy (non-hydrogen) atoms. The molecular weight excluding hydrogens is 579 g/mol. The van der Waals surface area contributed by atoms with Gasteiger partial charge in [0.1, 0.15) is 0 Å². The van der Waals surface area contributed by atoms with Gasteiger partial charge in [-0.2, -0.15) is 18.4 Å². The van der Waals surface area contributed by atoms with Crippen LogP contribution < -0.4 is 10.2 Å². The van der Waals surface area contributed by atoms with Crippen molar-refractivity contribution in [2.75, 3.05) is 49.2 Å². The molecule has 0 spiro atoms. The van der Waals surface area contributed by atoms with Crippen LogP contribution in [0.25, 0.3) is 0 Å². The molecule has 0 aliphatic carbocycles. The number of hydrogen-bond acceptors (Lipinski definition) is 6. The summed E-state index contributed by atoms with van der Waals surface area (Å²) in [5, 5.41) is 12.0. The summed E-state index contributed by atoms with van der Waals surface area (Å²) in [5.74, 6) is -1.25. The van der Waals surface area contributed by atoms with E-state index in [0.29, 0.717) is 37.6 Å². The molecule has 0 unspecified atom stereocenters. The maximum absolute atomic E-state index is 13.4. The second kappa shape index (κ2) is 14.1. The first-order valence-corrected chi connectivity index (χ1v) is 15.4. The average Bonchev–Trinajstić information content (AvgIpc) is 3.21. The zero-order chi connectivity index (χ0) is 31.1. The van der Waals surface area contributed by atoms with Crippen LogP contribution in [0.5, 0.6) is 0 Å². The van der Waals surface area contributed by atoms with Gasteiger partial charge in [-0.1, -0.05) is 12.8 Å². The molecule has 1 N–H and O–H groups in total. The number of urea groups is 1. The molecule has 1 fully saturated rings. The Morgan fingerprint density at radius 2 is 1.65 bits per heavy atom. The van der Waals surface area contributed by atoms with E-state index in [9.17, 15) is 27.6 Å². The van der Waals surface area contributed by atoms with Crippen molar-refractivity contribution < 1.29 is 27.6 Å². The van der Waals surface area contributed by atoms with Gasteiger partial charge in [-0.05, 0) is 81.5 Å². The summed E-state index contributed by atoms with van der Waals surface area (Å²) in [4.78, 5) is 44.5. The number of anilines is 2. The standard InChI is InChI=1S/C31H34F3N5O3S/c1-21-26(29(41)39(28(21)40)24-11-8-22(20-35)27(19-24)31(32,33)34)7-5-3-4-6-14-37-15-17-38(18-16-37)30(42)36-23-9-12-25(43-2)13-10-23/h8-13,19H,3-7,14-18H2,1-2H3,(H,36,42). The molecule has 0 saturated carbocycles. The number of hydrogen-bond donors (Lipinski definition) is 1. The Morgan fingerprint density at radius 3 is 2.28 bits per heavy atom. The van der Waals surface area contributed by atoms with E-state index in [0.717, 1.165) is 60.4 Å². The van der Waals surface area contributed by atoms with E-state index < -0.39 is 29.1 Å². The van der Waals surface area contributed by atoms with Crippen LogP contribution in [0.4, 0.5) is 29.3 Å². The number of nitriles is 1. The molecule has 0 atom stereocenters. The van der Waals surface area contributed by atoms with Crippen LogP contribution in [0, 0.1) is 11.3 Å². The van der Waals surface area contributed by atoms with E-state index in [-0.39, 0.29) is 17.3 Å². The Hall–Kier alpha value is -3.82. The molecule has 0 radical (unpaired) electrons. The fourth-order valence-corrected chi connectivity index (χ4v) is 5.67. The minimum atomic E-state index is -4.79. The van der Waals surface area contributed by atoms with Crippen molar-refractivity contribution in [2.24, 2.45) is 0 Å². The third-order valence-electron chi connectivity index (χ3n) is 7.78. The quantitative estimate of drug-likeness (QED) is 0.192. The fourth-order valence-electron chi connectivity index (χ4n) is 5.26. The monoisotopic (exact) mass is 613 g/mol. The van der Waals surface area contributed by atoms with Crippen LogP contribution in [-0.2, 0) is 15.8 Å². The highest BCUT2D eigenvalue weighted by atomic mass is 32.2. The van der Waals surface area contributed by atoms with Gasteiger partial charge >= 0.3 is 12.2 Å². The third kappa shape index (κ3) is 7.77. The summed E-state index contributed by atoms with van der Waals surface area (Å²) in [5.41, 5.74) is -0.615. The van der Waals surface area contributed by atoms with Gasteiger partial charge in [0.05, 0.1) is 22.9 Å². The van der Waals surface area contributed by atoms with Gasteiger partial charge in [0.15, 0.2) is 0 Å². The lowest BCUT2D eigenvalue weighted by Gasteiger charge is -2.34. The van der Waals surface area contributed by atoms with Crippen molar-refractivity contribution in [1.82, 2.24) is 9.80 Å². The van der Waals surface area contributed by atoms with Gasteiger partial charge in [-0.3, -0.25) is 14.5 Å². The van der Waals surface area contributed by atoms with E-state index in [1.54, 1.807) is 11.8 Å². The van der Waals surface area contributed by atoms with Crippen LogP contribution in [0.3, 0.4) is 0 Å². The molecule has 2 aliphatic rings. The largest absolute Gasteiger partial charge is 0.417 e. The van der Waals surface area contributed by atoms with E-state index in [2.05, 4.69) is 10.2 Å². The summed E-state index contributed by atoms with van der Waals surface area (Å²) in [6.07, 6.45) is 0.970. The van der Waals surface area contributed by atoms with Crippen LogP contribution in [0.2, 0.25) is 0 Å². The van der Waals surface area contributed by atoms with Crippen LogP contribution in [0.15, 0.2) is 58.5 Å². The average molecular weight is 614 g/mol. The Balaban J connectivity index is 1.17. The van der Waals surface area contributed by atoms with Crippen LogP contribution in [-0.4, -0.2) is 66.6 Å². The number of nitrogens with zero attached hydrogens (tertiary/aromatic N) is 4. The van der Waals surface area contributed by atoms with Crippen molar-refractivity contribution >= 4 is 41.0 Å². The van der Waals surface area contributed by atoms with Crippen molar-refractivity contribution in [3.63, 3.8) is 0 Å². The molecule has 1 saturated heterocycles. The SMILES string of the molecule is CSc1ccc(NC(=O)N2CCN(CCCCCCC3=C(C)C(=O)N(c4ccc(C#N)c(C(F)(F)F)c4)C3=O)CC2)cc1. The van der Waals surface area contributed by atoms with Crippen molar-refractivity contribution in [3.8, 4) is 6.07 Å². The number of unbranched alkanes of at least 4 members (excludes halogenated alkanes) is 3. The number of carbonyl (C=O) groups is 3. The van der Waals surface area contributed by atoms with Gasteiger partial charge in [0, 0.05) is 47.9 Å². The number of halogens is 3. The number of rotatable bonds is 10. The Kier molecular flexibility index (Phi) is 10.5. The fraction of sp³-hybridized carbons (Fsp3) is 0.419. The summed E-state index contributed by atoms with van der Waals surface area (Å²) >= 11 is 1.65. The maximum Gasteiger partial charge on any atom is 0.417 e. The zero-order valence-electron chi connectivity index (χ0n) is 24.2. The van der Waals surface area contributed by atoms with Gasteiger partial charge in [0.2, 0.25) is 0 Å². The van der Waals surface area contributed by atoms with Gasteiger partial charge in [0.25, 0.3) is 11.8 Å². The van der Waals surface area contributed by atoms with Crippen molar-refractivity contribution in [1.29, 1.82) is 5.26 Å². The van der Waals surface area contributed by atoms with E-state index in [4.69, 9.17) is 5.26 Å². The predicted molar refractivity (Wildman–Crippen MR) is 160 cm³/mol. The number of amides is 4. The topological polar surface area (TPSA) is 96.8 Å². The maximum atomic E-state index is 13.4. The molecule has 0 aromatic heterocycles. The Bertz CT molecular complexity index is 1430. The number of piperazine rings is 1. The van der Waals surface area contributed by atoms with Crippen molar-refractivity contribution in [3.05, 3.63) is 64.7 Å². The lowest BCUT2D eigenvalue weighted by atomic mass is 10.0. The minimum absolute atomic E-state index is 0.0976. The summed E-state index contributed by atoms with van der Waals surface area (Å²) in [7, 11) is 0. The lowest BCUT2D eigenvalue weighted by Crippen LogP contribution is -2.50. The van der Waals surface area contributed by atoms with Gasteiger partial charge in [-0.25, -0.2) is 9.69 Å². The summed E-state index contributed by atoms with van der Waals surface area (Å²) in [6.45, 7) is 5.31. The number of imide groups is 1. The highest BCUT2D eigenvalue weighted by Gasteiger charge is 2.39. The van der Waals surface area contributed by atoms with Crippen LogP contribution >= 0.6 is 11.8 Å². The van der Waals surface area contributed by atoms with Crippen LogP contribution in [0.1, 0.15) is 50.2 Å². The molecule has 4 amide bonds. The molecule has 8 nitrogen and oxygen atoms in total. The van der Waals surface area contributed by atoms with Gasteiger partial charge < -0.3 is 10.2 Å². The molecule has 2 heterocycles. The number of carbonyl (C=O) groups excluding carboxylic acids is 3. The second-order valence-corrected chi connectivity index (χ2v) is 11.4. The van der Waals surface area contributed by atoms with E-state index >= 15 is 0 Å². The smallest absolute Gasteiger partial charge is 0.322 e. The first-order chi connectivity index (χ1) is 20.5. The number of nitrogens with one attached hydrogen (secondary N) is 1. The highest BCUT2D eigenvalue weighted by Crippen LogP contribution is 2.37. The lowest BCUT2D eigenvalue weighted by molar-refractivity contribution is -0.138. The molecule has 0 bridgehead atoms. The molecule has 2 aromatic carbocycles. The molecule has 2 aliphatic heterocycles. The summed E-state index contributed by atoms with van der Waals surface area (Å²) in [6, 6.07) is 12.0. The first kappa shape index (κ1) is 32.1. The first-order valence-electron chi connectivity index (χ1n) is 14.2. The molecule has 228 valence electrons. The highest BCUT2D eigenvalue weighted by molar-refractivity contribution is 7.98. The number of benzene rings is 2. The van der Waals surface area contributed by atoms with E-state index in [1.807, 2.05) is 35.4 Å². The Morgan fingerprint density at radius 1 is 0.977 bits per heavy atom. The molecular formula is C31H34F3N5O3S. The van der Waals surface area contributed by atoms with E-state index in [1.165, 1.54) is 19.1 Å². The normalized spacial score (nSPS) is 16.2. The molecule has 4 rings (SSSR count). The molecule has 12 heteroatoms. The number of thioether (sulfide) groups is 1. The second-order valence-electron chi connectivity index (χ2n) is 10.5. The predicted octanol–water partition coefficient (Wildman–Crippen LogP) is 6.29. The Labute approximate surface area is 253 Å². The third-order valence-corrected chi connectivity index (χ3v) is 8.52. The zero-order valence-corrected chi connectivity index (χ0v) is 25.0. The van der Waals surface area contributed by atoms with Crippen molar-refractivity contribution in [2.45, 2.75) is 50.1 Å².